The number of Topliss-reactive ketones (excluding diaryl/α,β-unsaturated/α-hetero) is 1. The minimum absolute atomic E-state index is 0.0799. The number of aryl methyl sites for hydroxylation is 1. The van der Waals surface area contributed by atoms with Crippen LogP contribution < -0.4 is 0 Å². The van der Waals surface area contributed by atoms with Gasteiger partial charge in [0.05, 0.1) is 4.90 Å². The van der Waals surface area contributed by atoms with E-state index in [9.17, 15) is 18.0 Å². The van der Waals surface area contributed by atoms with Crippen molar-refractivity contribution in [3.63, 3.8) is 0 Å². The van der Waals surface area contributed by atoms with Crippen molar-refractivity contribution in [3.8, 4) is 0 Å². The van der Waals surface area contributed by atoms with Crippen LogP contribution in [0.25, 0.3) is 0 Å². The number of carbonyl (C=O) groups is 2. The van der Waals surface area contributed by atoms with Gasteiger partial charge in [0.2, 0.25) is 0 Å². The Labute approximate surface area is 217 Å². The molecular formula is C30H28O4S2. The number of allylic oxidation sites excluding steroid dienone is 3. The van der Waals surface area contributed by atoms with Crippen LogP contribution in [0.1, 0.15) is 41.8 Å². The molecule has 1 atom stereocenters. The lowest BCUT2D eigenvalue weighted by Crippen LogP contribution is -2.51. The van der Waals surface area contributed by atoms with Gasteiger partial charge in [-0.25, -0.2) is 8.42 Å². The molecule has 1 aliphatic rings. The van der Waals surface area contributed by atoms with Crippen molar-refractivity contribution in [2.45, 2.75) is 46.5 Å². The van der Waals surface area contributed by atoms with E-state index in [0.717, 1.165) is 10.5 Å². The molecule has 4 nitrogen and oxygen atoms in total. The van der Waals surface area contributed by atoms with E-state index in [2.05, 4.69) is 0 Å². The Hall–Kier alpha value is -3.22. The van der Waals surface area contributed by atoms with E-state index >= 15 is 0 Å². The van der Waals surface area contributed by atoms with Crippen LogP contribution in [0.3, 0.4) is 0 Å². The van der Waals surface area contributed by atoms with Crippen LogP contribution in [-0.4, -0.2) is 29.5 Å². The number of rotatable bonds is 8. The molecule has 1 aliphatic carbocycles. The number of benzene rings is 3. The van der Waals surface area contributed by atoms with Gasteiger partial charge in [0.15, 0.2) is 21.4 Å². The molecule has 3 aromatic rings. The molecule has 0 amide bonds. The van der Waals surface area contributed by atoms with Gasteiger partial charge in [-0.15, -0.1) is 11.8 Å². The van der Waals surface area contributed by atoms with Crippen LogP contribution in [0.2, 0.25) is 0 Å². The van der Waals surface area contributed by atoms with Gasteiger partial charge in [0.1, 0.15) is 9.49 Å². The van der Waals surface area contributed by atoms with E-state index in [4.69, 9.17) is 0 Å². The zero-order valence-electron chi connectivity index (χ0n) is 20.5. The molecule has 0 fully saturated rings. The van der Waals surface area contributed by atoms with Crippen molar-refractivity contribution in [3.05, 3.63) is 120 Å². The first-order chi connectivity index (χ1) is 17.1. The maximum atomic E-state index is 14.1. The first kappa shape index (κ1) is 25.9. The highest BCUT2D eigenvalue weighted by Gasteiger charge is 2.52. The highest BCUT2D eigenvalue weighted by Crippen LogP contribution is 2.44. The number of thioether (sulfide) groups is 1. The summed E-state index contributed by atoms with van der Waals surface area (Å²) in [6, 6.07) is 22.7. The number of carbonyl (C=O) groups excluding carboxylic acids is 2. The smallest absolute Gasteiger partial charge is 0.193 e. The monoisotopic (exact) mass is 516 g/mol. The van der Waals surface area contributed by atoms with Crippen molar-refractivity contribution in [2.24, 2.45) is 0 Å². The first-order valence-corrected chi connectivity index (χ1v) is 14.0. The summed E-state index contributed by atoms with van der Waals surface area (Å²) in [5, 5.41) is 0. The lowest BCUT2D eigenvalue weighted by Gasteiger charge is -2.36. The molecule has 0 radical (unpaired) electrons. The molecule has 184 valence electrons. The van der Waals surface area contributed by atoms with Crippen molar-refractivity contribution in [1.82, 2.24) is 0 Å². The fraction of sp³-hybridized carbons (Fsp3) is 0.200. The quantitative estimate of drug-likeness (QED) is 0.324. The lowest BCUT2D eigenvalue weighted by molar-refractivity contribution is -0.122. The summed E-state index contributed by atoms with van der Waals surface area (Å²) in [4.78, 5) is 27.7. The van der Waals surface area contributed by atoms with E-state index in [0.29, 0.717) is 17.5 Å². The van der Waals surface area contributed by atoms with Crippen LogP contribution in [-0.2, 0) is 14.6 Å². The zero-order chi connectivity index (χ0) is 26.0. The SMILES string of the molecule is Cc1ccc(S(=O)(=O)C(C)(C)C(=O)C2(Sc3ccc(C(=O)c4ccccc4)cc3)C=CC=CC2)cc1. The second-order valence-corrected chi connectivity index (χ2v) is 13.3. The van der Waals surface area contributed by atoms with E-state index < -0.39 is 19.3 Å². The van der Waals surface area contributed by atoms with Gasteiger partial charge < -0.3 is 0 Å². The van der Waals surface area contributed by atoms with Crippen molar-refractivity contribution < 1.29 is 18.0 Å². The van der Waals surface area contributed by atoms with E-state index in [1.54, 1.807) is 60.7 Å². The third-order valence-corrected chi connectivity index (χ3v) is 10.2. The number of ketones is 2. The Morgan fingerprint density at radius 3 is 2.03 bits per heavy atom. The van der Waals surface area contributed by atoms with Crippen molar-refractivity contribution in [2.75, 3.05) is 0 Å². The van der Waals surface area contributed by atoms with Gasteiger partial charge in [-0.05, 0) is 63.6 Å². The van der Waals surface area contributed by atoms with Crippen LogP contribution in [0.15, 0.2) is 113 Å². The Morgan fingerprint density at radius 1 is 0.833 bits per heavy atom. The average molecular weight is 517 g/mol. The van der Waals surface area contributed by atoms with Crippen LogP contribution in [0.5, 0.6) is 0 Å². The molecule has 36 heavy (non-hydrogen) atoms. The lowest BCUT2D eigenvalue weighted by atomic mass is 9.88. The third-order valence-electron chi connectivity index (χ3n) is 6.42. The fourth-order valence-corrected chi connectivity index (χ4v) is 7.12. The Morgan fingerprint density at radius 2 is 1.44 bits per heavy atom. The summed E-state index contributed by atoms with van der Waals surface area (Å²) in [6.45, 7) is 4.86. The Kier molecular flexibility index (Phi) is 7.21. The van der Waals surface area contributed by atoms with E-state index in [-0.39, 0.29) is 16.5 Å². The summed E-state index contributed by atoms with van der Waals surface area (Å²) in [5.41, 5.74) is 2.10. The standard InChI is InChI=1S/C30H28O4S2/c1-22-12-18-26(19-13-22)36(33,34)29(2,3)28(32)30(20-8-5-9-21-30)35-25-16-14-24(15-17-25)27(31)23-10-6-4-7-11-23/h4-20H,21H2,1-3H3. The summed E-state index contributed by atoms with van der Waals surface area (Å²) < 4.78 is 24.4. The normalized spacial score (nSPS) is 17.6. The van der Waals surface area contributed by atoms with Crippen molar-refractivity contribution >= 4 is 33.2 Å². The third kappa shape index (κ3) is 4.88. The predicted molar refractivity (Wildman–Crippen MR) is 145 cm³/mol. The zero-order valence-corrected chi connectivity index (χ0v) is 22.1. The van der Waals surface area contributed by atoms with Crippen LogP contribution in [0, 0.1) is 6.92 Å². The summed E-state index contributed by atoms with van der Waals surface area (Å²) in [6.07, 6.45) is 7.68. The summed E-state index contributed by atoms with van der Waals surface area (Å²) >= 11 is 1.31. The van der Waals surface area contributed by atoms with Gasteiger partial charge in [0.25, 0.3) is 0 Å². The molecular weight excluding hydrogens is 488 g/mol. The minimum Gasteiger partial charge on any atom is -0.296 e. The maximum Gasteiger partial charge on any atom is 0.193 e. The molecule has 0 aromatic heterocycles. The largest absolute Gasteiger partial charge is 0.296 e. The molecule has 4 rings (SSSR count). The highest BCUT2D eigenvalue weighted by atomic mass is 32.2. The Bertz CT molecular complexity index is 1430. The minimum atomic E-state index is -3.95. The molecule has 0 spiro atoms. The first-order valence-electron chi connectivity index (χ1n) is 11.7. The molecule has 0 bridgehead atoms. The maximum absolute atomic E-state index is 14.1. The number of hydrogen-bond acceptors (Lipinski definition) is 5. The van der Waals surface area contributed by atoms with Gasteiger partial charge >= 0.3 is 0 Å². The molecule has 0 heterocycles. The number of hydrogen-bond donors (Lipinski definition) is 0. The molecule has 0 aliphatic heterocycles. The Balaban J connectivity index is 1.64. The highest BCUT2D eigenvalue weighted by molar-refractivity contribution is 8.02. The molecule has 0 saturated carbocycles. The number of sulfone groups is 1. The molecule has 0 saturated heterocycles. The molecule has 0 N–H and O–H groups in total. The summed E-state index contributed by atoms with van der Waals surface area (Å²) in [7, 11) is -3.95. The van der Waals surface area contributed by atoms with Gasteiger partial charge in [-0.1, -0.05) is 72.3 Å². The van der Waals surface area contributed by atoms with Crippen LogP contribution in [0.4, 0.5) is 0 Å². The fourth-order valence-electron chi connectivity index (χ4n) is 4.18. The summed E-state index contributed by atoms with van der Waals surface area (Å²) in [5.74, 6) is -0.464. The molecule has 3 aromatic carbocycles. The topological polar surface area (TPSA) is 68.3 Å². The van der Waals surface area contributed by atoms with Gasteiger partial charge in [-0.3, -0.25) is 9.59 Å². The molecule has 1 unspecified atom stereocenters. The second-order valence-electron chi connectivity index (χ2n) is 9.36. The average Bonchev–Trinajstić information content (AvgIpc) is 2.89. The van der Waals surface area contributed by atoms with E-state index in [1.165, 1.54) is 25.6 Å². The molecule has 6 heteroatoms. The van der Waals surface area contributed by atoms with Crippen molar-refractivity contribution in [1.29, 1.82) is 0 Å². The van der Waals surface area contributed by atoms with Gasteiger partial charge in [0, 0.05) is 16.0 Å². The van der Waals surface area contributed by atoms with Gasteiger partial charge in [-0.2, -0.15) is 0 Å². The predicted octanol–water partition coefficient (Wildman–Crippen LogP) is 6.39. The van der Waals surface area contributed by atoms with Crippen LogP contribution >= 0.6 is 11.8 Å². The van der Waals surface area contributed by atoms with E-state index in [1.807, 2.05) is 49.4 Å². The second kappa shape index (κ2) is 10.0.